The van der Waals surface area contributed by atoms with E-state index in [0.29, 0.717) is 26.2 Å². The molecular formula is C16H32NO6Si-. The van der Waals surface area contributed by atoms with Crippen molar-refractivity contribution in [1.29, 1.82) is 0 Å². The first-order valence-corrected chi connectivity index (χ1v) is 10.3. The number of carbonyl (C=O) groups is 1. The molecule has 0 bridgehead atoms. The molecule has 0 aliphatic rings. The number of ether oxygens (including phenoxy) is 1. The summed E-state index contributed by atoms with van der Waals surface area (Å²) in [5.41, 5.74) is 0.561. The minimum Gasteiger partial charge on any atom is -0.530 e. The molecule has 0 aliphatic heterocycles. The highest BCUT2D eigenvalue weighted by atomic mass is 28.4. The van der Waals surface area contributed by atoms with Gasteiger partial charge in [-0.1, -0.05) is 19.1 Å². The summed E-state index contributed by atoms with van der Waals surface area (Å²) < 4.78 is 23.8. The van der Waals surface area contributed by atoms with Crippen molar-refractivity contribution >= 4 is 14.9 Å². The Balaban J connectivity index is 5.60. The van der Waals surface area contributed by atoms with Crippen molar-refractivity contribution in [3.05, 3.63) is 12.2 Å². The summed E-state index contributed by atoms with van der Waals surface area (Å²) >= 11 is 0. The smallest absolute Gasteiger partial charge is 0.507 e. The lowest BCUT2D eigenvalue weighted by molar-refractivity contribution is -0.254. The molecule has 0 radical (unpaired) electrons. The molecule has 0 saturated heterocycles. The molecular weight excluding hydrogens is 330 g/mol. The molecule has 0 aromatic heterocycles. The highest BCUT2D eigenvalue weighted by Crippen LogP contribution is 2.37. The zero-order valence-electron chi connectivity index (χ0n) is 15.7. The van der Waals surface area contributed by atoms with Crippen LogP contribution in [0.1, 0.15) is 48.0 Å². The molecule has 24 heavy (non-hydrogen) atoms. The summed E-state index contributed by atoms with van der Waals surface area (Å²) in [6.07, 6.45) is -1.92. The Bertz CT molecular complexity index is 376. The number of hydrogen-bond acceptors (Lipinski definition) is 6. The molecule has 142 valence electrons. The van der Waals surface area contributed by atoms with Gasteiger partial charge in [0.2, 0.25) is 0 Å². The van der Waals surface area contributed by atoms with E-state index in [9.17, 15) is 9.90 Å². The van der Waals surface area contributed by atoms with Gasteiger partial charge in [0.15, 0.2) is 0 Å². The van der Waals surface area contributed by atoms with E-state index in [1.807, 2.05) is 34.6 Å². The van der Waals surface area contributed by atoms with Gasteiger partial charge in [-0.25, -0.2) is 0 Å². The van der Waals surface area contributed by atoms with Crippen molar-refractivity contribution in [3.63, 3.8) is 0 Å². The van der Waals surface area contributed by atoms with Crippen LogP contribution in [0.25, 0.3) is 0 Å². The van der Waals surface area contributed by atoms with E-state index in [1.165, 1.54) is 0 Å². The Morgan fingerprint density at radius 3 is 1.88 bits per heavy atom. The van der Waals surface area contributed by atoms with E-state index >= 15 is 0 Å². The van der Waals surface area contributed by atoms with Crippen LogP contribution in [0, 0.1) is 0 Å². The second kappa shape index (κ2) is 11.6. The molecule has 3 unspecified atom stereocenters. The molecule has 1 N–H and O–H groups in total. The molecule has 7 nitrogen and oxygen atoms in total. The first kappa shape index (κ1) is 23.1. The van der Waals surface area contributed by atoms with Gasteiger partial charge in [0, 0.05) is 19.8 Å². The van der Waals surface area contributed by atoms with Crippen LogP contribution in [0.4, 0.5) is 4.79 Å². The quantitative estimate of drug-likeness (QED) is 0.306. The van der Waals surface area contributed by atoms with Gasteiger partial charge in [0.25, 0.3) is 0 Å². The summed E-state index contributed by atoms with van der Waals surface area (Å²) in [6, 6.07) is 0. The van der Waals surface area contributed by atoms with E-state index < -0.39 is 27.2 Å². The summed E-state index contributed by atoms with van der Waals surface area (Å²) in [4.78, 5) is 10.7. The number of hydrogen-bond donors (Lipinski definition) is 1. The van der Waals surface area contributed by atoms with Gasteiger partial charge < -0.3 is 33.2 Å². The van der Waals surface area contributed by atoms with Crippen molar-refractivity contribution in [2.75, 3.05) is 19.8 Å². The van der Waals surface area contributed by atoms with Crippen LogP contribution in [-0.4, -0.2) is 47.1 Å². The predicted molar refractivity (Wildman–Crippen MR) is 92.4 cm³/mol. The number of carbonyl (C=O) groups excluding carboxylic acids is 1. The van der Waals surface area contributed by atoms with E-state index in [-0.39, 0.29) is 5.54 Å². The normalized spacial score (nSPS) is 15.6. The van der Waals surface area contributed by atoms with Crippen molar-refractivity contribution in [1.82, 2.24) is 5.32 Å². The van der Waals surface area contributed by atoms with E-state index in [2.05, 4.69) is 11.9 Å². The monoisotopic (exact) mass is 362 g/mol. The Labute approximate surface area is 146 Å². The van der Waals surface area contributed by atoms with Crippen molar-refractivity contribution in [2.45, 2.75) is 65.8 Å². The topological polar surface area (TPSA) is 89.1 Å². The highest BCUT2D eigenvalue weighted by molar-refractivity contribution is 6.62. The lowest BCUT2D eigenvalue weighted by Gasteiger charge is -2.40. The molecule has 0 fully saturated rings. The summed E-state index contributed by atoms with van der Waals surface area (Å²) in [7, 11) is -3.03. The number of carboxylic acid groups (broad SMARTS) is 1. The Hall–Kier alpha value is -0.933. The Morgan fingerprint density at radius 1 is 1.12 bits per heavy atom. The summed E-state index contributed by atoms with van der Waals surface area (Å²) in [6.45, 7) is 16.5. The third-order valence-electron chi connectivity index (χ3n) is 3.45. The van der Waals surface area contributed by atoms with Gasteiger partial charge in [-0.15, -0.1) is 0 Å². The SMILES string of the molecule is C=C(C)C(OC(C)NC(=O)[O-])C(CC)[Si](OCC)(OCC)OCC. The van der Waals surface area contributed by atoms with Crippen LogP contribution in [0.5, 0.6) is 0 Å². The molecule has 0 saturated carbocycles. The highest BCUT2D eigenvalue weighted by Gasteiger charge is 2.52. The average Bonchev–Trinajstić information content (AvgIpc) is 2.46. The standard InChI is InChI=1S/C16H33NO6Si/c1-8-14(24(20-9-2,21-10-3)22-11-4)15(12(5)6)23-13(7)17-16(18)19/h13-15,17H,5,8-11H2,1-4,6-7H3,(H,18,19)/p-1. The molecule has 0 aliphatic carbocycles. The lowest BCUT2D eigenvalue weighted by Crippen LogP contribution is -2.55. The van der Waals surface area contributed by atoms with Crippen molar-refractivity contribution in [3.8, 4) is 0 Å². The molecule has 1 amide bonds. The van der Waals surface area contributed by atoms with Crippen molar-refractivity contribution < 1.29 is 27.9 Å². The molecule has 0 rings (SSSR count). The molecule has 3 atom stereocenters. The van der Waals surface area contributed by atoms with Gasteiger partial charge in [-0.05, 0) is 41.0 Å². The largest absolute Gasteiger partial charge is 0.530 e. The Kier molecular flexibility index (Phi) is 11.1. The maximum absolute atomic E-state index is 10.7. The fraction of sp³-hybridized carbons (Fsp3) is 0.812. The molecule has 0 heterocycles. The molecule has 8 heteroatoms. The Morgan fingerprint density at radius 2 is 1.58 bits per heavy atom. The van der Waals surface area contributed by atoms with Crippen LogP contribution < -0.4 is 10.4 Å². The van der Waals surface area contributed by atoms with Crippen LogP contribution in [0.15, 0.2) is 12.2 Å². The number of nitrogens with one attached hydrogen (secondary N) is 1. The molecule has 0 aromatic rings. The first-order valence-electron chi connectivity index (χ1n) is 8.47. The third kappa shape index (κ3) is 6.90. The first-order chi connectivity index (χ1) is 11.3. The zero-order chi connectivity index (χ0) is 18.8. The van der Waals surface area contributed by atoms with Crippen molar-refractivity contribution in [2.24, 2.45) is 0 Å². The lowest BCUT2D eigenvalue weighted by atomic mass is 10.1. The fourth-order valence-electron chi connectivity index (χ4n) is 2.67. The predicted octanol–water partition coefficient (Wildman–Crippen LogP) is 2.06. The maximum Gasteiger partial charge on any atom is 0.507 e. The second-order valence-electron chi connectivity index (χ2n) is 5.39. The van der Waals surface area contributed by atoms with E-state index in [1.54, 1.807) is 6.92 Å². The fourth-order valence-corrected chi connectivity index (χ4v) is 6.01. The molecule has 0 aromatic carbocycles. The van der Waals surface area contributed by atoms with Crippen LogP contribution >= 0.6 is 0 Å². The third-order valence-corrected chi connectivity index (χ3v) is 7.15. The van der Waals surface area contributed by atoms with Crippen LogP contribution in [0.2, 0.25) is 5.54 Å². The summed E-state index contributed by atoms with van der Waals surface area (Å²) in [5.74, 6) is 0. The average molecular weight is 363 g/mol. The van der Waals surface area contributed by atoms with Gasteiger partial charge in [-0.2, -0.15) is 0 Å². The van der Waals surface area contributed by atoms with Gasteiger partial charge in [0.1, 0.15) is 12.3 Å². The maximum atomic E-state index is 10.7. The minimum absolute atomic E-state index is 0.194. The van der Waals surface area contributed by atoms with Gasteiger partial charge in [0.05, 0.1) is 11.6 Å². The van der Waals surface area contributed by atoms with Gasteiger partial charge in [-0.3, -0.25) is 0 Å². The second-order valence-corrected chi connectivity index (χ2v) is 8.21. The number of rotatable bonds is 13. The summed E-state index contributed by atoms with van der Waals surface area (Å²) in [5, 5.41) is 12.9. The zero-order valence-corrected chi connectivity index (χ0v) is 16.7. The van der Waals surface area contributed by atoms with Crippen LogP contribution in [-0.2, 0) is 18.0 Å². The van der Waals surface area contributed by atoms with Gasteiger partial charge >= 0.3 is 8.80 Å². The van der Waals surface area contributed by atoms with E-state index in [4.69, 9.17) is 18.0 Å². The van der Waals surface area contributed by atoms with Crippen LogP contribution in [0.3, 0.4) is 0 Å². The minimum atomic E-state index is -3.03. The number of amides is 1. The molecule has 0 spiro atoms. The van der Waals surface area contributed by atoms with E-state index in [0.717, 1.165) is 5.57 Å².